The van der Waals surface area contributed by atoms with Crippen molar-refractivity contribution in [1.82, 2.24) is 4.90 Å². The van der Waals surface area contributed by atoms with Gasteiger partial charge in [0.15, 0.2) is 0 Å². The summed E-state index contributed by atoms with van der Waals surface area (Å²) in [6.45, 7) is 2.81. The van der Waals surface area contributed by atoms with E-state index in [1.807, 2.05) is 4.90 Å². The number of nitrogens with zero attached hydrogens (tertiary/aromatic N) is 1. The largest absolute Gasteiger partial charge is 0.331 e. The van der Waals surface area contributed by atoms with E-state index in [4.69, 9.17) is 0 Å². The summed E-state index contributed by atoms with van der Waals surface area (Å²) >= 11 is 5.06. The maximum absolute atomic E-state index is 13.2. The summed E-state index contributed by atoms with van der Waals surface area (Å²) in [7, 11) is 0. The van der Waals surface area contributed by atoms with E-state index in [2.05, 4.69) is 34.3 Å². The van der Waals surface area contributed by atoms with Crippen LogP contribution in [-0.2, 0) is 6.42 Å². The number of amides is 1. The van der Waals surface area contributed by atoms with Gasteiger partial charge in [0.2, 0.25) is 0 Å². The van der Waals surface area contributed by atoms with Crippen LogP contribution in [0.15, 0.2) is 34.1 Å². The Labute approximate surface area is 135 Å². The maximum atomic E-state index is 13.2. The molecule has 0 radical (unpaired) electrons. The van der Waals surface area contributed by atoms with E-state index in [0.29, 0.717) is 16.6 Å². The Bertz CT molecular complexity index is 685. The molecule has 2 aromatic rings. The highest BCUT2D eigenvalue weighted by Crippen LogP contribution is 2.36. The number of rotatable bonds is 2. The molecule has 1 unspecified atom stereocenters. The molecule has 2 heterocycles. The van der Waals surface area contributed by atoms with Gasteiger partial charge in [-0.05, 0) is 64.0 Å². The molecular formula is C16H15BrFNOS. The lowest BCUT2D eigenvalue weighted by Gasteiger charge is -2.35. The van der Waals surface area contributed by atoms with Gasteiger partial charge in [-0.25, -0.2) is 4.39 Å². The highest BCUT2D eigenvalue weighted by atomic mass is 79.9. The highest BCUT2D eigenvalue weighted by Gasteiger charge is 2.31. The minimum atomic E-state index is -0.343. The molecule has 0 bridgehead atoms. The Kier molecular flexibility index (Phi) is 4.13. The summed E-state index contributed by atoms with van der Waals surface area (Å²) < 4.78 is 13.7. The summed E-state index contributed by atoms with van der Waals surface area (Å²) in [4.78, 5) is 16.1. The number of hydrogen-bond acceptors (Lipinski definition) is 2. The molecule has 1 aliphatic heterocycles. The third-order valence-corrected chi connectivity index (χ3v) is 5.56. The van der Waals surface area contributed by atoms with Crippen LogP contribution in [0.25, 0.3) is 0 Å². The van der Waals surface area contributed by atoms with Crippen molar-refractivity contribution < 1.29 is 9.18 Å². The fourth-order valence-corrected chi connectivity index (χ4v) is 4.35. The van der Waals surface area contributed by atoms with E-state index in [1.54, 1.807) is 17.4 Å². The second-order valence-electron chi connectivity index (χ2n) is 5.10. The normalized spacial score (nSPS) is 17.7. The number of halogens is 2. The Hall–Kier alpha value is -1.20. The quantitative estimate of drug-likeness (QED) is 0.746. The van der Waals surface area contributed by atoms with Crippen LogP contribution in [0.5, 0.6) is 0 Å². The Morgan fingerprint density at radius 2 is 2.29 bits per heavy atom. The molecule has 110 valence electrons. The van der Waals surface area contributed by atoms with Crippen molar-refractivity contribution in [2.24, 2.45) is 0 Å². The molecule has 1 aromatic carbocycles. The topological polar surface area (TPSA) is 20.3 Å². The Morgan fingerprint density at radius 3 is 3.00 bits per heavy atom. The SMILES string of the molecule is CCC1c2ccsc2CCN1C(=O)c1ccc(F)cc1Br. The van der Waals surface area contributed by atoms with Gasteiger partial charge in [-0.1, -0.05) is 6.92 Å². The van der Waals surface area contributed by atoms with Crippen LogP contribution in [0, 0.1) is 5.82 Å². The number of carbonyl (C=O) groups is 1. The lowest BCUT2D eigenvalue weighted by Crippen LogP contribution is -2.39. The molecular weight excluding hydrogens is 353 g/mol. The predicted molar refractivity (Wildman–Crippen MR) is 86.2 cm³/mol. The van der Waals surface area contributed by atoms with Gasteiger partial charge in [0.1, 0.15) is 5.82 Å². The smallest absolute Gasteiger partial charge is 0.255 e. The minimum Gasteiger partial charge on any atom is -0.331 e. The molecule has 5 heteroatoms. The van der Waals surface area contributed by atoms with Gasteiger partial charge in [-0.2, -0.15) is 0 Å². The molecule has 1 amide bonds. The van der Waals surface area contributed by atoms with Crippen molar-refractivity contribution in [3.8, 4) is 0 Å². The van der Waals surface area contributed by atoms with E-state index < -0.39 is 0 Å². The highest BCUT2D eigenvalue weighted by molar-refractivity contribution is 9.10. The summed E-state index contributed by atoms with van der Waals surface area (Å²) in [6, 6.07) is 6.46. The van der Waals surface area contributed by atoms with Gasteiger partial charge in [-0.3, -0.25) is 4.79 Å². The molecule has 0 saturated carbocycles. The van der Waals surface area contributed by atoms with Crippen LogP contribution in [0.1, 0.15) is 40.2 Å². The number of fused-ring (bicyclic) bond motifs is 1. The van der Waals surface area contributed by atoms with Crippen molar-refractivity contribution in [3.05, 3.63) is 55.9 Å². The second-order valence-corrected chi connectivity index (χ2v) is 6.95. The predicted octanol–water partition coefficient (Wildman–Crippen LogP) is 4.80. The van der Waals surface area contributed by atoms with Gasteiger partial charge in [0.05, 0.1) is 11.6 Å². The molecule has 1 aromatic heterocycles. The summed E-state index contributed by atoms with van der Waals surface area (Å²) in [5.41, 5.74) is 1.79. The minimum absolute atomic E-state index is 0.0365. The van der Waals surface area contributed by atoms with Gasteiger partial charge in [0, 0.05) is 15.9 Å². The van der Waals surface area contributed by atoms with Crippen molar-refractivity contribution in [2.75, 3.05) is 6.54 Å². The number of hydrogen-bond donors (Lipinski definition) is 0. The first-order chi connectivity index (χ1) is 10.1. The van der Waals surface area contributed by atoms with E-state index in [1.165, 1.54) is 22.6 Å². The zero-order valence-corrected chi connectivity index (χ0v) is 14.0. The average Bonchev–Trinajstić information content (AvgIpc) is 2.94. The number of benzene rings is 1. The molecule has 1 aliphatic rings. The first-order valence-corrected chi connectivity index (χ1v) is 8.61. The van der Waals surface area contributed by atoms with Gasteiger partial charge in [0.25, 0.3) is 5.91 Å². The fourth-order valence-electron chi connectivity index (χ4n) is 2.90. The van der Waals surface area contributed by atoms with Gasteiger partial charge >= 0.3 is 0 Å². The monoisotopic (exact) mass is 367 g/mol. The molecule has 3 rings (SSSR count). The van der Waals surface area contributed by atoms with Crippen molar-refractivity contribution in [1.29, 1.82) is 0 Å². The molecule has 0 aliphatic carbocycles. The van der Waals surface area contributed by atoms with Crippen LogP contribution in [0.2, 0.25) is 0 Å². The molecule has 2 nitrogen and oxygen atoms in total. The van der Waals surface area contributed by atoms with Crippen LogP contribution < -0.4 is 0 Å². The standard InChI is InChI=1S/C16H15BrFNOS/c1-2-14-12-6-8-21-15(12)5-7-19(14)16(20)11-4-3-10(18)9-13(11)17/h3-4,6,8-9,14H,2,5,7H2,1H3. The van der Waals surface area contributed by atoms with Gasteiger partial charge in [-0.15, -0.1) is 11.3 Å². The van der Waals surface area contributed by atoms with E-state index in [-0.39, 0.29) is 17.8 Å². The molecule has 0 saturated heterocycles. The van der Waals surface area contributed by atoms with Gasteiger partial charge < -0.3 is 4.90 Å². The maximum Gasteiger partial charge on any atom is 0.255 e. The number of thiophene rings is 1. The molecule has 0 N–H and O–H groups in total. The first kappa shape index (κ1) is 14.7. The van der Waals surface area contributed by atoms with Crippen LogP contribution >= 0.6 is 27.3 Å². The van der Waals surface area contributed by atoms with Crippen LogP contribution in [0.4, 0.5) is 4.39 Å². The molecule has 0 spiro atoms. The Morgan fingerprint density at radius 1 is 1.48 bits per heavy atom. The van der Waals surface area contributed by atoms with Crippen LogP contribution in [-0.4, -0.2) is 17.4 Å². The number of carbonyl (C=O) groups excluding carboxylic acids is 1. The Balaban J connectivity index is 1.94. The first-order valence-electron chi connectivity index (χ1n) is 6.94. The lowest BCUT2D eigenvalue weighted by atomic mass is 9.97. The van der Waals surface area contributed by atoms with E-state index in [9.17, 15) is 9.18 Å². The summed E-state index contributed by atoms with van der Waals surface area (Å²) in [5, 5.41) is 2.09. The summed E-state index contributed by atoms with van der Waals surface area (Å²) in [5.74, 6) is -0.380. The fraction of sp³-hybridized carbons (Fsp3) is 0.312. The van der Waals surface area contributed by atoms with Crippen LogP contribution in [0.3, 0.4) is 0 Å². The van der Waals surface area contributed by atoms with Crippen molar-refractivity contribution >= 4 is 33.2 Å². The third kappa shape index (κ3) is 2.64. The average molecular weight is 368 g/mol. The summed E-state index contributed by atoms with van der Waals surface area (Å²) in [6.07, 6.45) is 1.78. The zero-order chi connectivity index (χ0) is 15.0. The molecule has 1 atom stereocenters. The van der Waals surface area contributed by atoms with E-state index >= 15 is 0 Å². The van der Waals surface area contributed by atoms with E-state index in [0.717, 1.165) is 12.8 Å². The van der Waals surface area contributed by atoms with Crippen molar-refractivity contribution in [2.45, 2.75) is 25.8 Å². The zero-order valence-electron chi connectivity index (χ0n) is 11.6. The lowest BCUT2D eigenvalue weighted by molar-refractivity contribution is 0.0656. The second kappa shape index (κ2) is 5.89. The molecule has 21 heavy (non-hydrogen) atoms. The third-order valence-electron chi connectivity index (χ3n) is 3.90. The molecule has 0 fully saturated rings. The van der Waals surface area contributed by atoms with Crippen molar-refractivity contribution in [3.63, 3.8) is 0 Å².